The molecule has 2 aromatic heterocycles. The molecule has 0 saturated carbocycles. The van der Waals surface area contributed by atoms with Crippen LogP contribution in [-0.4, -0.2) is 14.6 Å². The Hall–Kier alpha value is -2.41. The summed E-state index contributed by atoms with van der Waals surface area (Å²) in [5.74, 6) is -0.342. The average molecular weight is 289 g/mol. The highest BCUT2D eigenvalue weighted by molar-refractivity contribution is 7.15. The molecule has 2 heterocycles. The highest BCUT2D eigenvalue weighted by atomic mass is 32.1. The van der Waals surface area contributed by atoms with Crippen molar-refractivity contribution in [2.75, 3.05) is 0 Å². The van der Waals surface area contributed by atoms with E-state index in [0.29, 0.717) is 10.1 Å². The highest BCUT2D eigenvalue weighted by Gasteiger charge is 2.08. The largest absolute Gasteiger partial charge is 0.295 e. The number of fused-ring (bicyclic) bond motifs is 1. The van der Waals surface area contributed by atoms with E-state index in [2.05, 4.69) is 10.1 Å². The highest BCUT2D eigenvalue weighted by Crippen LogP contribution is 2.04. The lowest BCUT2D eigenvalue weighted by Crippen LogP contribution is -2.27. The molecule has 20 heavy (non-hydrogen) atoms. The summed E-state index contributed by atoms with van der Waals surface area (Å²) in [4.78, 5) is 27.6. The molecule has 0 bridgehead atoms. The molecule has 100 valence electrons. The fourth-order valence-corrected chi connectivity index (χ4v) is 2.60. The predicted octanol–water partition coefficient (Wildman–Crippen LogP) is 0.506. The zero-order valence-corrected chi connectivity index (χ0v) is 11.1. The molecule has 0 unspecified atom stereocenters. The van der Waals surface area contributed by atoms with Gasteiger partial charge < -0.3 is 0 Å². The van der Waals surface area contributed by atoms with Gasteiger partial charge in [-0.1, -0.05) is 23.5 Å². The van der Waals surface area contributed by atoms with Gasteiger partial charge in [-0.25, -0.2) is 4.39 Å². The number of aryl methyl sites for hydroxylation is 1. The van der Waals surface area contributed by atoms with Crippen LogP contribution in [0.25, 0.3) is 11.0 Å². The molecule has 0 spiro atoms. The Bertz CT molecular complexity index is 960. The van der Waals surface area contributed by atoms with Crippen molar-refractivity contribution in [3.8, 4) is 0 Å². The van der Waals surface area contributed by atoms with Crippen LogP contribution in [0, 0.1) is 12.7 Å². The molecule has 0 radical (unpaired) electrons. The standard InChI is InChI=1S/C13H8FN3O2S/c1-7-11(18)15-13-17(16-7)12(19)10(20-13)6-8-2-4-9(14)5-3-8/h2-6H,1H3/b10-6-. The monoisotopic (exact) mass is 289 g/mol. The molecule has 0 atom stereocenters. The number of nitrogens with zero attached hydrogens (tertiary/aromatic N) is 3. The summed E-state index contributed by atoms with van der Waals surface area (Å²) in [5, 5.41) is 3.91. The van der Waals surface area contributed by atoms with Crippen LogP contribution in [0.1, 0.15) is 11.3 Å². The third kappa shape index (κ3) is 2.12. The lowest BCUT2D eigenvalue weighted by Gasteiger charge is -1.90. The molecule has 5 nitrogen and oxygen atoms in total. The Morgan fingerprint density at radius 3 is 2.65 bits per heavy atom. The lowest BCUT2D eigenvalue weighted by molar-refractivity contribution is 0.628. The van der Waals surface area contributed by atoms with E-state index in [9.17, 15) is 14.0 Å². The number of aromatic nitrogens is 3. The van der Waals surface area contributed by atoms with E-state index in [1.807, 2.05) is 0 Å². The van der Waals surface area contributed by atoms with Crippen LogP contribution in [0.4, 0.5) is 4.39 Å². The van der Waals surface area contributed by atoms with E-state index in [-0.39, 0.29) is 22.0 Å². The Morgan fingerprint density at radius 1 is 1.25 bits per heavy atom. The molecule has 0 N–H and O–H groups in total. The fourth-order valence-electron chi connectivity index (χ4n) is 1.70. The zero-order chi connectivity index (χ0) is 14.3. The average Bonchev–Trinajstić information content (AvgIpc) is 2.70. The summed E-state index contributed by atoms with van der Waals surface area (Å²) >= 11 is 1.07. The topological polar surface area (TPSA) is 64.3 Å². The van der Waals surface area contributed by atoms with E-state index >= 15 is 0 Å². The molecule has 1 aromatic carbocycles. The van der Waals surface area contributed by atoms with E-state index < -0.39 is 5.56 Å². The van der Waals surface area contributed by atoms with Crippen molar-refractivity contribution >= 4 is 22.4 Å². The van der Waals surface area contributed by atoms with Gasteiger partial charge in [0.2, 0.25) is 4.96 Å². The summed E-state index contributed by atoms with van der Waals surface area (Å²) in [6, 6.07) is 5.75. The minimum atomic E-state index is -0.445. The Kier molecular flexibility index (Phi) is 2.90. The second-order valence-electron chi connectivity index (χ2n) is 4.16. The minimum absolute atomic E-state index is 0.172. The van der Waals surface area contributed by atoms with Crippen molar-refractivity contribution in [3.63, 3.8) is 0 Å². The van der Waals surface area contributed by atoms with Gasteiger partial charge in [0.05, 0.1) is 4.53 Å². The smallest absolute Gasteiger partial charge is 0.266 e. The third-order valence-electron chi connectivity index (χ3n) is 2.71. The third-order valence-corrected chi connectivity index (χ3v) is 3.67. The number of halogens is 1. The maximum Gasteiger partial charge on any atom is 0.295 e. The van der Waals surface area contributed by atoms with E-state index in [4.69, 9.17) is 0 Å². The van der Waals surface area contributed by atoms with E-state index in [1.54, 1.807) is 18.2 Å². The van der Waals surface area contributed by atoms with Crippen molar-refractivity contribution in [1.29, 1.82) is 0 Å². The van der Waals surface area contributed by atoms with Crippen molar-refractivity contribution < 1.29 is 4.39 Å². The molecular formula is C13H8FN3O2S. The van der Waals surface area contributed by atoms with Crippen LogP contribution >= 0.6 is 11.3 Å². The van der Waals surface area contributed by atoms with Gasteiger partial charge in [0.1, 0.15) is 11.5 Å². The molecular weight excluding hydrogens is 281 g/mol. The summed E-state index contributed by atoms with van der Waals surface area (Å²) in [6.45, 7) is 1.50. The molecule has 3 aromatic rings. The van der Waals surface area contributed by atoms with E-state index in [1.165, 1.54) is 19.1 Å². The van der Waals surface area contributed by atoms with Crippen molar-refractivity contribution in [2.45, 2.75) is 6.92 Å². The first kappa shape index (κ1) is 12.6. The summed E-state index contributed by atoms with van der Waals surface area (Å²) in [6.07, 6.45) is 1.61. The predicted molar refractivity (Wildman–Crippen MR) is 73.3 cm³/mol. The van der Waals surface area contributed by atoms with Crippen LogP contribution < -0.4 is 15.7 Å². The van der Waals surface area contributed by atoms with Crippen molar-refractivity contribution in [3.05, 3.63) is 66.6 Å². The van der Waals surface area contributed by atoms with Crippen LogP contribution in [0.15, 0.2) is 33.9 Å². The maximum absolute atomic E-state index is 12.8. The SMILES string of the molecule is Cc1nn2c(=O)/c(=C/c3ccc(F)cc3)sc2nc1=O. The van der Waals surface area contributed by atoms with Crippen molar-refractivity contribution in [1.82, 2.24) is 14.6 Å². The molecule has 0 aliphatic heterocycles. The van der Waals surface area contributed by atoms with Crippen LogP contribution in [0.2, 0.25) is 0 Å². The van der Waals surface area contributed by atoms with Crippen molar-refractivity contribution in [2.24, 2.45) is 0 Å². The number of thiazole rings is 1. The lowest BCUT2D eigenvalue weighted by atomic mass is 10.2. The molecule has 0 aliphatic rings. The summed E-state index contributed by atoms with van der Waals surface area (Å²) < 4.78 is 14.3. The first-order valence-electron chi connectivity index (χ1n) is 5.72. The van der Waals surface area contributed by atoms with Crippen LogP contribution in [0.3, 0.4) is 0 Å². The first-order valence-corrected chi connectivity index (χ1v) is 6.54. The van der Waals surface area contributed by atoms with Gasteiger partial charge in [0, 0.05) is 0 Å². The van der Waals surface area contributed by atoms with Gasteiger partial charge in [0.15, 0.2) is 0 Å². The van der Waals surface area contributed by atoms with Gasteiger partial charge in [0.25, 0.3) is 11.1 Å². The van der Waals surface area contributed by atoms with Gasteiger partial charge in [-0.3, -0.25) is 9.59 Å². The normalized spacial score (nSPS) is 12.2. The van der Waals surface area contributed by atoms with Crippen LogP contribution in [-0.2, 0) is 0 Å². The van der Waals surface area contributed by atoms with E-state index in [0.717, 1.165) is 15.9 Å². The summed E-state index contributed by atoms with van der Waals surface area (Å²) in [7, 11) is 0. The van der Waals surface area contributed by atoms with Gasteiger partial charge >= 0.3 is 0 Å². The number of hydrogen-bond acceptors (Lipinski definition) is 5. The molecule has 0 fully saturated rings. The molecule has 0 saturated heterocycles. The number of benzene rings is 1. The fraction of sp³-hybridized carbons (Fsp3) is 0.0769. The minimum Gasteiger partial charge on any atom is -0.266 e. The molecule has 0 amide bonds. The second kappa shape index (κ2) is 4.61. The Balaban J connectivity index is 2.27. The zero-order valence-electron chi connectivity index (χ0n) is 10.3. The maximum atomic E-state index is 12.8. The molecule has 7 heteroatoms. The quantitative estimate of drug-likeness (QED) is 0.654. The first-order chi connectivity index (χ1) is 9.54. The number of hydrogen-bond donors (Lipinski definition) is 0. The van der Waals surface area contributed by atoms with Crippen LogP contribution in [0.5, 0.6) is 0 Å². The second-order valence-corrected chi connectivity index (χ2v) is 5.17. The van der Waals surface area contributed by atoms with Gasteiger partial charge in [-0.2, -0.15) is 14.6 Å². The number of rotatable bonds is 1. The van der Waals surface area contributed by atoms with Gasteiger partial charge in [-0.05, 0) is 30.7 Å². The Labute approximate surface area is 115 Å². The molecule has 0 aliphatic carbocycles. The van der Waals surface area contributed by atoms with Gasteiger partial charge in [-0.15, -0.1) is 0 Å². The Morgan fingerprint density at radius 2 is 1.95 bits per heavy atom. The summed E-state index contributed by atoms with van der Waals surface area (Å²) in [5.41, 5.74) is 0.0740. The molecule has 3 rings (SSSR count).